The Morgan fingerprint density at radius 3 is 2.37 bits per heavy atom. The fourth-order valence-electron chi connectivity index (χ4n) is 2.56. The Morgan fingerprint density at radius 1 is 1.04 bits per heavy atom. The molecule has 0 bridgehead atoms. The van der Waals surface area contributed by atoms with E-state index in [1.807, 2.05) is 38.1 Å². The van der Waals surface area contributed by atoms with Crippen molar-refractivity contribution in [1.82, 2.24) is 9.97 Å². The van der Waals surface area contributed by atoms with Gasteiger partial charge in [0.05, 0.1) is 10.0 Å². The number of hydrogen-bond acceptors (Lipinski definition) is 5. The SMILES string of the molecule is Cc1ncnc(NCCc2ccc(Oc3c(Cl)cc(N)cc3Cl)cc2)c1C. The molecule has 0 amide bonds. The van der Waals surface area contributed by atoms with Crippen molar-refractivity contribution in [3.8, 4) is 11.5 Å². The van der Waals surface area contributed by atoms with Gasteiger partial charge in [-0.05, 0) is 50.1 Å². The fraction of sp³-hybridized carbons (Fsp3) is 0.200. The summed E-state index contributed by atoms with van der Waals surface area (Å²) in [4.78, 5) is 8.45. The summed E-state index contributed by atoms with van der Waals surface area (Å²) in [7, 11) is 0. The van der Waals surface area contributed by atoms with Crippen molar-refractivity contribution in [2.24, 2.45) is 0 Å². The number of aromatic nitrogens is 2. The number of nitrogens with zero attached hydrogens (tertiary/aromatic N) is 2. The van der Waals surface area contributed by atoms with Crippen LogP contribution in [0.1, 0.15) is 16.8 Å². The van der Waals surface area contributed by atoms with Crippen LogP contribution in [0.5, 0.6) is 11.5 Å². The lowest BCUT2D eigenvalue weighted by Crippen LogP contribution is -2.08. The zero-order valence-electron chi connectivity index (χ0n) is 15.1. The van der Waals surface area contributed by atoms with E-state index in [4.69, 9.17) is 33.7 Å². The average molecular weight is 403 g/mol. The number of nitrogens with one attached hydrogen (secondary N) is 1. The predicted molar refractivity (Wildman–Crippen MR) is 111 cm³/mol. The number of nitrogen functional groups attached to an aromatic ring is 1. The van der Waals surface area contributed by atoms with E-state index in [0.717, 1.165) is 30.0 Å². The smallest absolute Gasteiger partial charge is 0.164 e. The number of hydrogen-bond donors (Lipinski definition) is 2. The first-order valence-electron chi connectivity index (χ1n) is 8.47. The van der Waals surface area contributed by atoms with Gasteiger partial charge in [0.25, 0.3) is 0 Å². The van der Waals surface area contributed by atoms with E-state index in [0.29, 0.717) is 27.2 Å². The van der Waals surface area contributed by atoms with Gasteiger partial charge in [0.1, 0.15) is 17.9 Å². The largest absolute Gasteiger partial charge is 0.454 e. The monoisotopic (exact) mass is 402 g/mol. The summed E-state index contributed by atoms with van der Waals surface area (Å²) in [5, 5.41) is 4.10. The van der Waals surface area contributed by atoms with Crippen LogP contribution in [0, 0.1) is 13.8 Å². The maximum absolute atomic E-state index is 6.16. The van der Waals surface area contributed by atoms with Crippen LogP contribution in [0.3, 0.4) is 0 Å². The van der Waals surface area contributed by atoms with E-state index in [-0.39, 0.29) is 0 Å². The van der Waals surface area contributed by atoms with Crippen LogP contribution >= 0.6 is 23.2 Å². The third kappa shape index (κ3) is 4.81. The minimum Gasteiger partial charge on any atom is -0.454 e. The molecule has 3 N–H and O–H groups in total. The number of anilines is 2. The molecule has 0 aliphatic carbocycles. The maximum Gasteiger partial charge on any atom is 0.164 e. The molecule has 0 spiro atoms. The normalized spacial score (nSPS) is 10.7. The van der Waals surface area contributed by atoms with Gasteiger partial charge in [-0.2, -0.15) is 0 Å². The molecule has 3 rings (SSSR count). The molecular weight excluding hydrogens is 383 g/mol. The van der Waals surface area contributed by atoms with Gasteiger partial charge in [0.15, 0.2) is 5.75 Å². The molecule has 27 heavy (non-hydrogen) atoms. The third-order valence-electron chi connectivity index (χ3n) is 4.21. The molecule has 0 radical (unpaired) electrons. The summed E-state index contributed by atoms with van der Waals surface area (Å²) >= 11 is 12.3. The molecule has 3 aromatic rings. The highest BCUT2D eigenvalue weighted by molar-refractivity contribution is 6.37. The highest BCUT2D eigenvalue weighted by Gasteiger charge is 2.10. The molecule has 1 heterocycles. The number of nitrogens with two attached hydrogens (primary N) is 1. The fourth-order valence-corrected chi connectivity index (χ4v) is 3.14. The van der Waals surface area contributed by atoms with Gasteiger partial charge in [-0.3, -0.25) is 0 Å². The quantitative estimate of drug-likeness (QED) is 0.537. The van der Waals surface area contributed by atoms with Crippen molar-refractivity contribution in [2.45, 2.75) is 20.3 Å². The molecule has 7 heteroatoms. The van der Waals surface area contributed by atoms with Crippen molar-refractivity contribution in [1.29, 1.82) is 0 Å². The summed E-state index contributed by atoms with van der Waals surface area (Å²) < 4.78 is 5.80. The molecule has 0 atom stereocenters. The lowest BCUT2D eigenvalue weighted by molar-refractivity contribution is 0.483. The summed E-state index contributed by atoms with van der Waals surface area (Å²) in [5.74, 6) is 1.93. The molecule has 0 aliphatic rings. The molecule has 5 nitrogen and oxygen atoms in total. The molecule has 0 saturated carbocycles. The van der Waals surface area contributed by atoms with Gasteiger partial charge in [-0.25, -0.2) is 9.97 Å². The minimum absolute atomic E-state index is 0.379. The van der Waals surface area contributed by atoms with Gasteiger partial charge in [-0.15, -0.1) is 0 Å². The number of benzene rings is 2. The summed E-state index contributed by atoms with van der Waals surface area (Å²) in [5.41, 5.74) is 9.43. The molecule has 0 unspecified atom stereocenters. The molecule has 0 aliphatic heterocycles. The van der Waals surface area contributed by atoms with Crippen molar-refractivity contribution >= 4 is 34.7 Å². The third-order valence-corrected chi connectivity index (χ3v) is 4.77. The predicted octanol–water partition coefficient (Wildman–Crippen LogP) is 5.43. The average Bonchev–Trinajstić information content (AvgIpc) is 2.63. The van der Waals surface area contributed by atoms with Crippen molar-refractivity contribution in [3.05, 3.63) is 69.6 Å². The van der Waals surface area contributed by atoms with E-state index in [2.05, 4.69) is 15.3 Å². The van der Waals surface area contributed by atoms with E-state index < -0.39 is 0 Å². The van der Waals surface area contributed by atoms with Gasteiger partial charge in [0.2, 0.25) is 0 Å². The van der Waals surface area contributed by atoms with Crippen LogP contribution < -0.4 is 15.8 Å². The Labute approximate surface area is 168 Å². The van der Waals surface area contributed by atoms with Gasteiger partial charge >= 0.3 is 0 Å². The van der Waals surface area contributed by atoms with Crippen molar-refractivity contribution < 1.29 is 4.74 Å². The first-order chi connectivity index (χ1) is 12.9. The Balaban J connectivity index is 1.60. The number of aryl methyl sites for hydroxylation is 1. The summed E-state index contributed by atoms with van der Waals surface area (Å²) in [6, 6.07) is 11.0. The lowest BCUT2D eigenvalue weighted by Gasteiger charge is -2.12. The van der Waals surface area contributed by atoms with Gasteiger partial charge < -0.3 is 15.8 Å². The zero-order chi connectivity index (χ0) is 19.4. The Morgan fingerprint density at radius 2 is 1.70 bits per heavy atom. The van der Waals surface area contributed by atoms with Gasteiger partial charge in [-0.1, -0.05) is 35.3 Å². The van der Waals surface area contributed by atoms with Crippen LogP contribution in [0.15, 0.2) is 42.7 Å². The van der Waals surface area contributed by atoms with Crippen molar-refractivity contribution in [2.75, 3.05) is 17.6 Å². The van der Waals surface area contributed by atoms with Gasteiger partial charge in [0, 0.05) is 23.5 Å². The summed E-state index contributed by atoms with van der Waals surface area (Å²) in [6.07, 6.45) is 2.43. The van der Waals surface area contributed by atoms with Crippen LogP contribution in [-0.2, 0) is 6.42 Å². The van der Waals surface area contributed by atoms with Crippen LogP contribution in [0.25, 0.3) is 0 Å². The topological polar surface area (TPSA) is 73.1 Å². The molecule has 1 aromatic heterocycles. The Kier molecular flexibility index (Phi) is 6.04. The molecule has 2 aromatic carbocycles. The van der Waals surface area contributed by atoms with E-state index >= 15 is 0 Å². The number of halogens is 2. The Hall–Kier alpha value is -2.50. The minimum atomic E-state index is 0.379. The standard InChI is InChI=1S/C20H20Cl2N4O/c1-12-13(2)25-11-26-20(12)24-8-7-14-3-5-16(6-4-14)27-19-17(21)9-15(23)10-18(19)22/h3-6,9-11H,7-8,23H2,1-2H3,(H,24,25,26). The number of rotatable bonds is 6. The number of ether oxygens (including phenoxy) is 1. The first kappa shape index (κ1) is 19.3. The zero-order valence-corrected chi connectivity index (χ0v) is 16.6. The first-order valence-corrected chi connectivity index (χ1v) is 9.23. The van der Waals surface area contributed by atoms with Crippen LogP contribution in [-0.4, -0.2) is 16.5 Å². The molecule has 0 saturated heterocycles. The van der Waals surface area contributed by atoms with Crippen LogP contribution in [0.4, 0.5) is 11.5 Å². The maximum atomic E-state index is 6.16. The van der Waals surface area contributed by atoms with Crippen LogP contribution in [0.2, 0.25) is 10.0 Å². The van der Waals surface area contributed by atoms with E-state index in [1.165, 1.54) is 5.56 Å². The van der Waals surface area contributed by atoms with E-state index in [9.17, 15) is 0 Å². The molecular formula is C20H20Cl2N4O. The highest BCUT2D eigenvalue weighted by Crippen LogP contribution is 2.38. The Bertz CT molecular complexity index is 922. The summed E-state index contributed by atoms with van der Waals surface area (Å²) in [6.45, 7) is 4.75. The molecule has 140 valence electrons. The van der Waals surface area contributed by atoms with Crippen molar-refractivity contribution in [3.63, 3.8) is 0 Å². The van der Waals surface area contributed by atoms with E-state index in [1.54, 1.807) is 18.5 Å². The second kappa shape index (κ2) is 8.46. The lowest BCUT2D eigenvalue weighted by atomic mass is 10.1. The second-order valence-electron chi connectivity index (χ2n) is 6.17. The molecule has 0 fully saturated rings. The second-order valence-corrected chi connectivity index (χ2v) is 6.98. The highest BCUT2D eigenvalue weighted by atomic mass is 35.5.